The number of imide groups is 1. The molecule has 1 aliphatic rings. The fourth-order valence-electron chi connectivity index (χ4n) is 1.61. The molecule has 6 heteroatoms. The van der Waals surface area contributed by atoms with Crippen LogP contribution in [0.15, 0.2) is 0 Å². The summed E-state index contributed by atoms with van der Waals surface area (Å²) in [5.41, 5.74) is 0. The number of ketones is 1. The normalized spacial score (nSPS) is 19.0. The number of carbonyl (C=O) groups is 3. The summed E-state index contributed by atoms with van der Waals surface area (Å²) < 4.78 is 0. The largest absolute Gasteiger partial charge is 0.341 e. The zero-order chi connectivity index (χ0) is 12.1. The van der Waals surface area contributed by atoms with Crippen LogP contribution in [-0.2, 0) is 9.59 Å². The van der Waals surface area contributed by atoms with Crippen LogP contribution in [0.4, 0.5) is 4.79 Å². The van der Waals surface area contributed by atoms with E-state index in [0.29, 0.717) is 25.9 Å². The maximum absolute atomic E-state index is 11.6. The van der Waals surface area contributed by atoms with E-state index in [4.69, 9.17) is 0 Å². The number of Topliss-reactive ketones (excluding diaryl/α,β-unsaturated/α-hetero) is 1. The summed E-state index contributed by atoms with van der Waals surface area (Å²) in [7, 11) is 1.45. The van der Waals surface area contributed by atoms with Crippen molar-refractivity contribution in [2.24, 2.45) is 0 Å². The van der Waals surface area contributed by atoms with Crippen LogP contribution in [-0.4, -0.2) is 48.8 Å². The number of piperidine rings is 1. The van der Waals surface area contributed by atoms with Crippen molar-refractivity contribution in [3.8, 4) is 0 Å². The highest BCUT2D eigenvalue weighted by Gasteiger charge is 2.26. The average molecular weight is 227 g/mol. The third-order valence-electron chi connectivity index (χ3n) is 2.75. The lowest BCUT2D eigenvalue weighted by atomic mass is 10.1. The first-order valence-corrected chi connectivity index (χ1v) is 5.33. The second-order valence-corrected chi connectivity index (χ2v) is 3.82. The predicted molar refractivity (Wildman–Crippen MR) is 57.9 cm³/mol. The average Bonchev–Trinajstić information content (AvgIpc) is 2.28. The van der Waals surface area contributed by atoms with Crippen LogP contribution >= 0.6 is 0 Å². The Kier molecular flexibility index (Phi) is 4.42. The first-order chi connectivity index (χ1) is 7.54. The Hall–Kier alpha value is -1.43. The molecule has 0 aromatic rings. The predicted octanol–water partition coefficient (Wildman–Crippen LogP) is -0.505. The highest BCUT2D eigenvalue weighted by molar-refractivity contribution is 5.96. The number of carbonyl (C=O) groups excluding carboxylic acids is 3. The molecule has 0 spiro atoms. The lowest BCUT2D eigenvalue weighted by Gasteiger charge is -2.30. The van der Waals surface area contributed by atoms with Crippen molar-refractivity contribution in [2.75, 3.05) is 20.1 Å². The number of nitrogens with one attached hydrogen (secondary N) is 2. The lowest BCUT2D eigenvalue weighted by Crippen LogP contribution is -2.51. The Morgan fingerprint density at radius 3 is 2.38 bits per heavy atom. The summed E-state index contributed by atoms with van der Waals surface area (Å²) in [6, 6.07) is -0.893. The van der Waals surface area contributed by atoms with Crippen LogP contribution in [0.3, 0.4) is 0 Å². The fourth-order valence-corrected chi connectivity index (χ4v) is 1.61. The number of amides is 3. The number of likely N-dealkylation sites (tertiary alicyclic amines) is 1. The summed E-state index contributed by atoms with van der Waals surface area (Å²) in [5.74, 6) is -0.108. The minimum Gasteiger partial charge on any atom is -0.341 e. The molecule has 2 N–H and O–H groups in total. The molecule has 3 amide bonds. The van der Waals surface area contributed by atoms with E-state index in [2.05, 4.69) is 10.6 Å². The standard InChI is InChI=1S/C10H17N3O3/c1-7(9(15)12-10(16)11-2)13-5-3-8(14)4-6-13/h7H,3-6H2,1-2H3,(H2,11,12,15,16). The molecule has 6 nitrogen and oxygen atoms in total. The molecule has 0 aromatic heterocycles. The van der Waals surface area contributed by atoms with Gasteiger partial charge in [-0.3, -0.25) is 19.8 Å². The Morgan fingerprint density at radius 1 is 1.31 bits per heavy atom. The van der Waals surface area contributed by atoms with Crippen molar-refractivity contribution >= 4 is 17.7 Å². The van der Waals surface area contributed by atoms with Crippen molar-refractivity contribution in [1.82, 2.24) is 15.5 Å². The van der Waals surface area contributed by atoms with E-state index in [1.807, 2.05) is 4.90 Å². The molecule has 1 saturated heterocycles. The van der Waals surface area contributed by atoms with Crippen LogP contribution in [0.25, 0.3) is 0 Å². The van der Waals surface area contributed by atoms with E-state index in [1.54, 1.807) is 6.92 Å². The van der Waals surface area contributed by atoms with Gasteiger partial charge in [0.05, 0.1) is 6.04 Å². The smallest absolute Gasteiger partial charge is 0.321 e. The molecule has 0 saturated carbocycles. The number of nitrogens with zero attached hydrogens (tertiary/aromatic N) is 1. The summed E-state index contributed by atoms with van der Waals surface area (Å²) >= 11 is 0. The van der Waals surface area contributed by atoms with E-state index < -0.39 is 6.03 Å². The molecule has 1 aliphatic heterocycles. The lowest BCUT2D eigenvalue weighted by molar-refractivity contribution is -0.128. The Balaban J connectivity index is 2.44. The number of hydrogen-bond acceptors (Lipinski definition) is 4. The van der Waals surface area contributed by atoms with Gasteiger partial charge in [-0.1, -0.05) is 0 Å². The highest BCUT2D eigenvalue weighted by atomic mass is 16.2. The molecule has 1 fully saturated rings. The summed E-state index contributed by atoms with van der Waals surface area (Å²) in [6.45, 7) is 2.90. The first kappa shape index (κ1) is 12.6. The zero-order valence-corrected chi connectivity index (χ0v) is 9.58. The summed E-state index contributed by atoms with van der Waals surface area (Å²) in [4.78, 5) is 35.5. The van der Waals surface area contributed by atoms with Gasteiger partial charge < -0.3 is 5.32 Å². The van der Waals surface area contributed by atoms with Gasteiger partial charge in [-0.05, 0) is 6.92 Å². The molecule has 0 radical (unpaired) electrons. The maximum atomic E-state index is 11.6. The molecule has 0 bridgehead atoms. The molecule has 16 heavy (non-hydrogen) atoms. The molecule has 0 aromatic carbocycles. The molecule has 1 unspecified atom stereocenters. The third kappa shape index (κ3) is 3.30. The van der Waals surface area contributed by atoms with E-state index in [-0.39, 0.29) is 17.7 Å². The number of hydrogen-bond donors (Lipinski definition) is 2. The molecule has 1 heterocycles. The second-order valence-electron chi connectivity index (χ2n) is 3.82. The first-order valence-electron chi connectivity index (χ1n) is 5.33. The third-order valence-corrected chi connectivity index (χ3v) is 2.75. The zero-order valence-electron chi connectivity index (χ0n) is 9.58. The van der Waals surface area contributed by atoms with E-state index in [0.717, 1.165) is 0 Å². The highest BCUT2D eigenvalue weighted by Crippen LogP contribution is 2.09. The van der Waals surface area contributed by atoms with Crippen LogP contribution in [0.5, 0.6) is 0 Å². The molecule has 1 rings (SSSR count). The van der Waals surface area contributed by atoms with Gasteiger partial charge in [-0.25, -0.2) is 4.79 Å². The van der Waals surface area contributed by atoms with E-state index in [9.17, 15) is 14.4 Å². The van der Waals surface area contributed by atoms with Crippen molar-refractivity contribution in [3.05, 3.63) is 0 Å². The minimum atomic E-state index is -0.509. The van der Waals surface area contributed by atoms with Crippen LogP contribution in [0.1, 0.15) is 19.8 Å². The fraction of sp³-hybridized carbons (Fsp3) is 0.700. The van der Waals surface area contributed by atoms with Crippen molar-refractivity contribution in [3.63, 3.8) is 0 Å². The Morgan fingerprint density at radius 2 is 1.88 bits per heavy atom. The van der Waals surface area contributed by atoms with Gasteiger partial charge in [0, 0.05) is 33.0 Å². The van der Waals surface area contributed by atoms with Crippen LogP contribution in [0, 0.1) is 0 Å². The van der Waals surface area contributed by atoms with E-state index >= 15 is 0 Å². The van der Waals surface area contributed by atoms with Gasteiger partial charge in [0.1, 0.15) is 5.78 Å². The SMILES string of the molecule is CNC(=O)NC(=O)C(C)N1CCC(=O)CC1. The maximum Gasteiger partial charge on any atom is 0.321 e. The quantitative estimate of drug-likeness (QED) is 0.666. The monoisotopic (exact) mass is 227 g/mol. The topological polar surface area (TPSA) is 78.5 Å². The molecular weight excluding hydrogens is 210 g/mol. The van der Waals surface area contributed by atoms with Gasteiger partial charge in [-0.15, -0.1) is 0 Å². The van der Waals surface area contributed by atoms with Crippen molar-refractivity contribution < 1.29 is 14.4 Å². The van der Waals surface area contributed by atoms with Gasteiger partial charge in [-0.2, -0.15) is 0 Å². The van der Waals surface area contributed by atoms with Crippen molar-refractivity contribution in [2.45, 2.75) is 25.8 Å². The molecule has 1 atom stereocenters. The Bertz CT molecular complexity index is 294. The number of rotatable bonds is 2. The van der Waals surface area contributed by atoms with E-state index in [1.165, 1.54) is 7.05 Å². The van der Waals surface area contributed by atoms with Crippen LogP contribution < -0.4 is 10.6 Å². The van der Waals surface area contributed by atoms with Gasteiger partial charge >= 0.3 is 6.03 Å². The minimum absolute atomic E-state index is 0.232. The molecular formula is C10H17N3O3. The molecule has 0 aliphatic carbocycles. The summed E-state index contributed by atoms with van der Waals surface area (Å²) in [6.07, 6.45) is 0.967. The second kappa shape index (κ2) is 5.60. The number of urea groups is 1. The van der Waals surface area contributed by atoms with Crippen molar-refractivity contribution in [1.29, 1.82) is 0 Å². The van der Waals surface area contributed by atoms with Crippen LogP contribution in [0.2, 0.25) is 0 Å². The Labute approximate surface area is 94.4 Å². The van der Waals surface area contributed by atoms with Gasteiger partial charge in [0.15, 0.2) is 0 Å². The molecule has 90 valence electrons. The van der Waals surface area contributed by atoms with Gasteiger partial charge in [0.25, 0.3) is 0 Å². The van der Waals surface area contributed by atoms with Gasteiger partial charge in [0.2, 0.25) is 5.91 Å². The summed E-state index contributed by atoms with van der Waals surface area (Å²) in [5, 5.41) is 4.54.